The van der Waals surface area contributed by atoms with Gasteiger partial charge in [-0.1, -0.05) is 18.2 Å². The molecule has 27 heavy (non-hydrogen) atoms. The second kappa shape index (κ2) is 7.45. The van der Waals surface area contributed by atoms with Gasteiger partial charge in [-0.3, -0.25) is 4.79 Å². The van der Waals surface area contributed by atoms with E-state index in [-0.39, 0.29) is 16.9 Å². The topological polar surface area (TPSA) is 54.0 Å². The molecule has 2 aromatic carbocycles. The molecular formula is C19H13F4N3O. The zero-order valence-corrected chi connectivity index (χ0v) is 13.7. The molecule has 0 atom stereocenters. The number of para-hydroxylation sites is 1. The van der Waals surface area contributed by atoms with Gasteiger partial charge in [-0.2, -0.15) is 13.2 Å². The van der Waals surface area contributed by atoms with Gasteiger partial charge in [0.25, 0.3) is 5.91 Å². The van der Waals surface area contributed by atoms with Crippen molar-refractivity contribution in [2.45, 2.75) is 6.18 Å². The number of amides is 1. The van der Waals surface area contributed by atoms with Crippen LogP contribution >= 0.6 is 0 Å². The minimum atomic E-state index is -4.50. The summed E-state index contributed by atoms with van der Waals surface area (Å²) in [7, 11) is 0. The van der Waals surface area contributed by atoms with Crippen LogP contribution in [0.15, 0.2) is 66.9 Å². The molecule has 0 radical (unpaired) electrons. The van der Waals surface area contributed by atoms with Gasteiger partial charge >= 0.3 is 6.18 Å². The number of hydrogen-bond donors (Lipinski definition) is 2. The van der Waals surface area contributed by atoms with Gasteiger partial charge < -0.3 is 10.6 Å². The van der Waals surface area contributed by atoms with Crippen molar-refractivity contribution in [2.24, 2.45) is 0 Å². The lowest BCUT2D eigenvalue weighted by molar-refractivity contribution is -0.137. The Hall–Kier alpha value is -3.42. The predicted molar refractivity (Wildman–Crippen MR) is 93.3 cm³/mol. The SMILES string of the molecule is O=C(Nc1cccc(C(F)(F)F)c1)c1ccc(Nc2ccccc2F)nc1. The fraction of sp³-hybridized carbons (Fsp3) is 0.0526. The highest BCUT2D eigenvalue weighted by Gasteiger charge is 2.30. The quantitative estimate of drug-likeness (QED) is 0.614. The molecule has 0 aliphatic heterocycles. The van der Waals surface area contributed by atoms with E-state index in [2.05, 4.69) is 15.6 Å². The van der Waals surface area contributed by atoms with Crippen LogP contribution in [0.3, 0.4) is 0 Å². The number of hydrogen-bond acceptors (Lipinski definition) is 3. The second-order valence-electron chi connectivity index (χ2n) is 5.57. The van der Waals surface area contributed by atoms with Crippen molar-refractivity contribution >= 4 is 23.1 Å². The summed E-state index contributed by atoms with van der Waals surface area (Å²) in [6.45, 7) is 0. The van der Waals surface area contributed by atoms with Crippen LogP contribution in [0.2, 0.25) is 0 Å². The van der Waals surface area contributed by atoms with Crippen LogP contribution in [-0.4, -0.2) is 10.9 Å². The van der Waals surface area contributed by atoms with Gasteiger partial charge in [0.2, 0.25) is 0 Å². The van der Waals surface area contributed by atoms with Crippen LogP contribution < -0.4 is 10.6 Å². The summed E-state index contributed by atoms with van der Waals surface area (Å²) in [6.07, 6.45) is -3.26. The molecule has 0 bridgehead atoms. The Kier molecular flexibility index (Phi) is 5.07. The molecule has 2 N–H and O–H groups in total. The number of anilines is 3. The molecule has 3 rings (SSSR count). The van der Waals surface area contributed by atoms with Crippen LogP contribution in [0.25, 0.3) is 0 Å². The van der Waals surface area contributed by atoms with Gasteiger partial charge in [-0.25, -0.2) is 9.37 Å². The van der Waals surface area contributed by atoms with Gasteiger partial charge in [0.05, 0.1) is 16.8 Å². The first-order chi connectivity index (χ1) is 12.8. The molecule has 0 fully saturated rings. The predicted octanol–water partition coefficient (Wildman–Crippen LogP) is 5.24. The third-order valence-electron chi connectivity index (χ3n) is 3.61. The number of carbonyl (C=O) groups is 1. The summed E-state index contributed by atoms with van der Waals surface area (Å²) in [4.78, 5) is 16.2. The number of nitrogens with one attached hydrogen (secondary N) is 2. The summed E-state index contributed by atoms with van der Waals surface area (Å²) in [5.74, 6) is -0.749. The number of halogens is 4. The Morgan fingerprint density at radius 3 is 2.41 bits per heavy atom. The van der Waals surface area contributed by atoms with Gasteiger partial charge in [-0.15, -0.1) is 0 Å². The first kappa shape index (κ1) is 18.4. The molecule has 3 aromatic rings. The maximum absolute atomic E-state index is 13.6. The van der Waals surface area contributed by atoms with Crippen molar-refractivity contribution in [2.75, 3.05) is 10.6 Å². The van der Waals surface area contributed by atoms with Gasteiger partial charge in [0.1, 0.15) is 11.6 Å². The van der Waals surface area contributed by atoms with E-state index in [1.807, 2.05) is 0 Å². The van der Waals surface area contributed by atoms with Gasteiger partial charge in [-0.05, 0) is 42.5 Å². The Balaban J connectivity index is 1.70. The molecule has 4 nitrogen and oxygen atoms in total. The highest BCUT2D eigenvalue weighted by molar-refractivity contribution is 6.04. The van der Waals surface area contributed by atoms with E-state index in [1.165, 1.54) is 42.6 Å². The van der Waals surface area contributed by atoms with E-state index >= 15 is 0 Å². The third-order valence-corrected chi connectivity index (χ3v) is 3.61. The molecule has 1 amide bonds. The largest absolute Gasteiger partial charge is 0.416 e. The van der Waals surface area contributed by atoms with Gasteiger partial charge in [0, 0.05) is 11.9 Å². The molecule has 0 spiro atoms. The maximum atomic E-state index is 13.6. The van der Waals surface area contributed by atoms with Crippen LogP contribution in [0.5, 0.6) is 0 Å². The number of pyridine rings is 1. The highest BCUT2D eigenvalue weighted by Crippen LogP contribution is 2.30. The number of nitrogens with zero attached hydrogens (tertiary/aromatic N) is 1. The lowest BCUT2D eigenvalue weighted by Crippen LogP contribution is -2.13. The molecule has 0 unspecified atom stereocenters. The van der Waals surface area contributed by atoms with E-state index in [4.69, 9.17) is 0 Å². The zero-order chi connectivity index (χ0) is 19.4. The van der Waals surface area contributed by atoms with E-state index in [9.17, 15) is 22.4 Å². The Bertz CT molecular complexity index is 956. The monoisotopic (exact) mass is 375 g/mol. The summed E-state index contributed by atoms with van der Waals surface area (Å²) in [5, 5.41) is 5.16. The smallest absolute Gasteiger partial charge is 0.338 e. The van der Waals surface area contributed by atoms with Crippen molar-refractivity contribution in [3.8, 4) is 0 Å². The Morgan fingerprint density at radius 1 is 0.963 bits per heavy atom. The molecule has 1 heterocycles. The van der Waals surface area contributed by atoms with Crippen molar-refractivity contribution in [1.29, 1.82) is 0 Å². The first-order valence-corrected chi connectivity index (χ1v) is 7.79. The summed E-state index contributed by atoms with van der Waals surface area (Å²) >= 11 is 0. The van der Waals surface area contributed by atoms with Gasteiger partial charge in [0.15, 0.2) is 0 Å². The number of benzene rings is 2. The number of alkyl halides is 3. The lowest BCUT2D eigenvalue weighted by atomic mass is 10.2. The average Bonchev–Trinajstić information content (AvgIpc) is 2.64. The molecule has 0 aliphatic carbocycles. The second-order valence-corrected chi connectivity index (χ2v) is 5.57. The van der Waals surface area contributed by atoms with Crippen LogP contribution in [-0.2, 0) is 6.18 Å². The summed E-state index contributed by atoms with van der Waals surface area (Å²) in [5.41, 5.74) is -0.469. The van der Waals surface area contributed by atoms with E-state index in [0.29, 0.717) is 5.82 Å². The molecule has 138 valence electrons. The maximum Gasteiger partial charge on any atom is 0.416 e. The highest BCUT2D eigenvalue weighted by atomic mass is 19.4. The Morgan fingerprint density at radius 2 is 1.74 bits per heavy atom. The van der Waals surface area contributed by atoms with E-state index in [0.717, 1.165) is 12.1 Å². The van der Waals surface area contributed by atoms with Crippen LogP contribution in [0.1, 0.15) is 15.9 Å². The third kappa shape index (κ3) is 4.60. The zero-order valence-electron chi connectivity index (χ0n) is 13.7. The molecule has 8 heteroatoms. The molecule has 0 saturated carbocycles. The minimum absolute atomic E-state index is 0.0170. The summed E-state index contributed by atoms with van der Waals surface area (Å²) < 4.78 is 51.8. The Labute approximate surface area is 151 Å². The van der Waals surface area contributed by atoms with Crippen LogP contribution in [0.4, 0.5) is 34.8 Å². The lowest BCUT2D eigenvalue weighted by Gasteiger charge is -2.10. The van der Waals surface area contributed by atoms with Crippen molar-refractivity contribution in [3.05, 3.63) is 83.8 Å². The normalized spacial score (nSPS) is 11.1. The van der Waals surface area contributed by atoms with Crippen LogP contribution in [0, 0.1) is 5.82 Å². The molecule has 0 aliphatic rings. The number of carbonyl (C=O) groups excluding carboxylic acids is 1. The number of aromatic nitrogens is 1. The first-order valence-electron chi connectivity index (χ1n) is 7.79. The standard InChI is InChI=1S/C19H13F4N3O/c20-15-6-1-2-7-16(15)26-17-9-8-12(11-24-17)18(27)25-14-5-3-4-13(10-14)19(21,22)23/h1-11H,(H,24,26)(H,25,27). The van der Waals surface area contributed by atoms with Crippen molar-refractivity contribution < 1.29 is 22.4 Å². The van der Waals surface area contributed by atoms with Crippen molar-refractivity contribution in [3.63, 3.8) is 0 Å². The number of rotatable bonds is 4. The average molecular weight is 375 g/mol. The molecule has 1 aromatic heterocycles. The fourth-order valence-corrected chi connectivity index (χ4v) is 2.28. The molecular weight excluding hydrogens is 362 g/mol. The van der Waals surface area contributed by atoms with E-state index in [1.54, 1.807) is 12.1 Å². The molecule has 0 saturated heterocycles. The fourth-order valence-electron chi connectivity index (χ4n) is 2.28. The van der Waals surface area contributed by atoms with E-state index < -0.39 is 23.5 Å². The summed E-state index contributed by atoms with van der Waals surface area (Å²) in [6, 6.07) is 13.3. The minimum Gasteiger partial charge on any atom is -0.338 e. The van der Waals surface area contributed by atoms with Crippen molar-refractivity contribution in [1.82, 2.24) is 4.98 Å².